The minimum absolute atomic E-state index is 0.0894. The van der Waals surface area contributed by atoms with Gasteiger partial charge in [0.25, 0.3) is 0 Å². The molecule has 0 amide bonds. The van der Waals surface area contributed by atoms with E-state index in [4.69, 9.17) is 19.2 Å². The number of fused-ring (bicyclic) bond motifs is 4. The van der Waals surface area contributed by atoms with Gasteiger partial charge >= 0.3 is 5.97 Å². The minimum Gasteiger partial charge on any atom is -0.493 e. The van der Waals surface area contributed by atoms with Crippen molar-refractivity contribution in [1.82, 2.24) is 9.59 Å². The van der Waals surface area contributed by atoms with Crippen molar-refractivity contribution in [3.8, 4) is 11.5 Å². The van der Waals surface area contributed by atoms with Crippen LogP contribution >= 0.6 is 11.5 Å². The van der Waals surface area contributed by atoms with Gasteiger partial charge in [0.15, 0.2) is 11.5 Å². The number of hydrogen-bond acceptors (Lipinski definition) is 8. The molecule has 2 aliphatic rings. The average molecular weight is 452 g/mol. The van der Waals surface area contributed by atoms with Crippen molar-refractivity contribution in [3.63, 3.8) is 0 Å². The highest BCUT2D eigenvalue weighted by atomic mass is 32.1. The Morgan fingerprint density at radius 3 is 2.84 bits per heavy atom. The van der Waals surface area contributed by atoms with Crippen LogP contribution in [-0.2, 0) is 9.53 Å². The fraction of sp³-hybridized carbons (Fsp3) is 0.417. The summed E-state index contributed by atoms with van der Waals surface area (Å²) >= 11 is 1.39. The van der Waals surface area contributed by atoms with Crippen molar-refractivity contribution in [2.45, 2.75) is 51.2 Å². The van der Waals surface area contributed by atoms with Crippen LogP contribution in [0.5, 0.6) is 11.5 Å². The second kappa shape index (κ2) is 8.50. The quantitative estimate of drug-likeness (QED) is 0.531. The molecule has 8 heteroatoms. The number of aliphatic imine (C=N–C) groups is 1. The standard InChI is InChI=1S/C24H25N3O4S/c1-4-30-22-11-16-17-10-15(31-13(2)28)6-7-19(17)25-24(18(16)12-21(22)29-3)14-5-8-23-20(9-14)26-27-32-23/h5,8-9,11-12,15,17,19H,4,6-7,10H2,1-3H3. The molecule has 0 N–H and O–H groups in total. The Balaban J connectivity index is 1.63. The van der Waals surface area contributed by atoms with E-state index < -0.39 is 0 Å². The van der Waals surface area contributed by atoms with Crippen molar-refractivity contribution < 1.29 is 19.0 Å². The van der Waals surface area contributed by atoms with E-state index in [1.165, 1.54) is 18.5 Å². The lowest BCUT2D eigenvalue weighted by molar-refractivity contribution is -0.148. The smallest absolute Gasteiger partial charge is 0.302 e. The van der Waals surface area contributed by atoms with Gasteiger partial charge < -0.3 is 14.2 Å². The molecule has 7 nitrogen and oxygen atoms in total. The van der Waals surface area contributed by atoms with E-state index in [0.29, 0.717) is 12.4 Å². The maximum atomic E-state index is 11.6. The summed E-state index contributed by atoms with van der Waals surface area (Å²) in [4.78, 5) is 16.8. The van der Waals surface area contributed by atoms with E-state index in [1.807, 2.05) is 19.1 Å². The number of carbonyl (C=O) groups is 1. The topological polar surface area (TPSA) is 82.9 Å². The molecule has 3 aromatic rings. The second-order valence-corrected chi connectivity index (χ2v) is 8.96. The van der Waals surface area contributed by atoms with Crippen LogP contribution in [0.1, 0.15) is 55.7 Å². The average Bonchev–Trinajstić information content (AvgIpc) is 3.26. The first-order chi connectivity index (χ1) is 15.6. The molecule has 3 atom stereocenters. The molecule has 0 radical (unpaired) electrons. The molecular weight excluding hydrogens is 426 g/mol. The maximum absolute atomic E-state index is 11.6. The number of benzene rings is 2. The Kier molecular flexibility index (Phi) is 5.55. The SMILES string of the molecule is CCOc1cc2c(cc1OC)C(c1ccc3snnc3c1)=NC1CCC(OC(C)=O)CC21. The van der Waals surface area contributed by atoms with E-state index in [0.717, 1.165) is 57.6 Å². The lowest BCUT2D eigenvalue weighted by Gasteiger charge is -2.38. The van der Waals surface area contributed by atoms with E-state index in [-0.39, 0.29) is 24.0 Å². The zero-order chi connectivity index (χ0) is 22.2. The lowest BCUT2D eigenvalue weighted by atomic mass is 9.74. The van der Waals surface area contributed by atoms with Crippen LogP contribution in [0.25, 0.3) is 10.2 Å². The summed E-state index contributed by atoms with van der Waals surface area (Å²) in [6.45, 7) is 3.98. The first-order valence-corrected chi connectivity index (χ1v) is 11.7. The molecule has 1 aliphatic heterocycles. The molecule has 166 valence electrons. The zero-order valence-corrected chi connectivity index (χ0v) is 19.1. The van der Waals surface area contributed by atoms with Gasteiger partial charge in [-0.2, -0.15) is 0 Å². The number of methoxy groups -OCH3 is 1. The molecule has 32 heavy (non-hydrogen) atoms. The van der Waals surface area contributed by atoms with Crippen LogP contribution in [0.15, 0.2) is 35.3 Å². The van der Waals surface area contributed by atoms with E-state index >= 15 is 0 Å². The number of rotatable bonds is 5. The highest BCUT2D eigenvalue weighted by Gasteiger charge is 2.38. The van der Waals surface area contributed by atoms with Crippen LogP contribution < -0.4 is 9.47 Å². The van der Waals surface area contributed by atoms with Gasteiger partial charge in [0.05, 0.1) is 30.2 Å². The summed E-state index contributed by atoms with van der Waals surface area (Å²) in [7, 11) is 1.65. The molecule has 0 bridgehead atoms. The fourth-order valence-electron chi connectivity index (χ4n) is 4.86. The van der Waals surface area contributed by atoms with E-state index in [2.05, 4.69) is 27.8 Å². The second-order valence-electron chi connectivity index (χ2n) is 8.17. The molecule has 1 fully saturated rings. The van der Waals surface area contributed by atoms with Crippen LogP contribution in [0.2, 0.25) is 0 Å². The van der Waals surface area contributed by atoms with Gasteiger partial charge in [-0.1, -0.05) is 10.6 Å². The van der Waals surface area contributed by atoms with Gasteiger partial charge in [0.1, 0.15) is 11.6 Å². The number of aromatic nitrogens is 2. The third kappa shape index (κ3) is 3.72. The summed E-state index contributed by atoms with van der Waals surface area (Å²) in [5.74, 6) is 1.33. The molecule has 0 spiro atoms. The Labute approximate surface area is 190 Å². The summed E-state index contributed by atoms with van der Waals surface area (Å²) in [5, 5.41) is 4.24. The van der Waals surface area contributed by atoms with Crippen molar-refractivity contribution in [1.29, 1.82) is 0 Å². The normalized spacial score (nSPS) is 22.0. The first kappa shape index (κ1) is 20.9. The fourth-order valence-corrected chi connectivity index (χ4v) is 5.39. The molecular formula is C24H25N3O4S. The van der Waals surface area contributed by atoms with Crippen LogP contribution in [0.4, 0.5) is 0 Å². The van der Waals surface area contributed by atoms with Crippen molar-refractivity contribution in [3.05, 3.63) is 47.0 Å². The molecule has 3 unspecified atom stereocenters. The van der Waals surface area contributed by atoms with Gasteiger partial charge in [0.2, 0.25) is 0 Å². The predicted molar refractivity (Wildman–Crippen MR) is 123 cm³/mol. The largest absolute Gasteiger partial charge is 0.493 e. The van der Waals surface area contributed by atoms with Crippen LogP contribution in [0.3, 0.4) is 0 Å². The van der Waals surface area contributed by atoms with Crippen molar-refractivity contribution >= 4 is 33.4 Å². The highest BCUT2D eigenvalue weighted by Crippen LogP contribution is 2.45. The van der Waals surface area contributed by atoms with Gasteiger partial charge in [0, 0.05) is 24.0 Å². The minimum atomic E-state index is -0.233. The van der Waals surface area contributed by atoms with Crippen molar-refractivity contribution in [2.24, 2.45) is 4.99 Å². The molecule has 1 aromatic heterocycles. The Hall–Kier alpha value is -3.00. The van der Waals surface area contributed by atoms with E-state index in [9.17, 15) is 4.79 Å². The summed E-state index contributed by atoms with van der Waals surface area (Å²) in [6, 6.07) is 10.4. The Morgan fingerprint density at radius 2 is 2.06 bits per heavy atom. The number of esters is 1. The molecule has 5 rings (SSSR count). The summed E-state index contributed by atoms with van der Waals surface area (Å²) in [6.07, 6.45) is 2.34. The first-order valence-electron chi connectivity index (χ1n) is 10.9. The van der Waals surface area contributed by atoms with Gasteiger partial charge in [-0.15, -0.1) is 5.10 Å². The van der Waals surface area contributed by atoms with Gasteiger partial charge in [-0.3, -0.25) is 9.79 Å². The number of hydrogen-bond donors (Lipinski definition) is 0. The van der Waals surface area contributed by atoms with Gasteiger partial charge in [-0.05, 0) is 67.5 Å². The molecule has 2 aromatic carbocycles. The lowest BCUT2D eigenvalue weighted by Crippen LogP contribution is -2.36. The van der Waals surface area contributed by atoms with Crippen LogP contribution in [0, 0.1) is 0 Å². The Morgan fingerprint density at radius 1 is 1.19 bits per heavy atom. The van der Waals surface area contributed by atoms with Gasteiger partial charge in [-0.25, -0.2) is 0 Å². The molecule has 1 saturated carbocycles. The third-order valence-corrected chi connectivity index (χ3v) is 6.91. The maximum Gasteiger partial charge on any atom is 0.302 e. The number of nitrogens with zero attached hydrogens (tertiary/aromatic N) is 3. The Bertz CT molecular complexity index is 1210. The molecule has 1 aliphatic carbocycles. The molecule has 0 saturated heterocycles. The number of ether oxygens (including phenoxy) is 3. The highest BCUT2D eigenvalue weighted by molar-refractivity contribution is 7.12. The van der Waals surface area contributed by atoms with Crippen molar-refractivity contribution in [2.75, 3.05) is 13.7 Å². The van der Waals surface area contributed by atoms with Crippen LogP contribution in [-0.4, -0.2) is 47.1 Å². The monoisotopic (exact) mass is 451 g/mol. The molecule has 2 heterocycles. The summed E-state index contributed by atoms with van der Waals surface area (Å²) in [5.41, 5.74) is 5.01. The summed E-state index contributed by atoms with van der Waals surface area (Å²) < 4.78 is 22.2. The number of carbonyl (C=O) groups excluding carboxylic acids is 1. The van der Waals surface area contributed by atoms with E-state index in [1.54, 1.807) is 7.11 Å². The third-order valence-electron chi connectivity index (χ3n) is 6.20. The zero-order valence-electron chi connectivity index (χ0n) is 18.3. The predicted octanol–water partition coefficient (Wildman–Crippen LogP) is 4.52.